The number of pyridine rings is 1. The number of aromatic nitrogens is 1. The van der Waals surface area contributed by atoms with Gasteiger partial charge in [0.25, 0.3) is 0 Å². The van der Waals surface area contributed by atoms with Crippen LogP contribution in [0.15, 0.2) is 42.6 Å². The summed E-state index contributed by atoms with van der Waals surface area (Å²) in [4.78, 5) is 3.58. The second-order valence-corrected chi connectivity index (χ2v) is 9.32. The second kappa shape index (κ2) is 11.2. The van der Waals surface area contributed by atoms with Crippen LogP contribution in [0, 0.1) is 11.8 Å². The molecule has 0 spiro atoms. The van der Waals surface area contributed by atoms with Crippen LogP contribution in [0.4, 0.5) is 13.2 Å². The molecule has 0 saturated heterocycles. The van der Waals surface area contributed by atoms with Gasteiger partial charge in [0, 0.05) is 11.8 Å². The van der Waals surface area contributed by atoms with E-state index in [0.29, 0.717) is 11.5 Å². The summed E-state index contributed by atoms with van der Waals surface area (Å²) in [5.41, 5.74) is 2.10. The largest absolute Gasteiger partial charge is 0.433 e. The topological polar surface area (TPSA) is 12.9 Å². The van der Waals surface area contributed by atoms with Crippen LogP contribution >= 0.6 is 0 Å². The summed E-state index contributed by atoms with van der Waals surface area (Å²) in [6, 6.07) is 10.8. The monoisotopic (exact) mass is 431 g/mol. The molecule has 0 aliphatic heterocycles. The molecule has 0 amide bonds. The quantitative estimate of drug-likeness (QED) is 0.361. The van der Waals surface area contributed by atoms with Gasteiger partial charge in [-0.05, 0) is 47.8 Å². The molecule has 1 fully saturated rings. The van der Waals surface area contributed by atoms with Crippen molar-refractivity contribution >= 4 is 0 Å². The van der Waals surface area contributed by atoms with Crippen LogP contribution in [0.1, 0.15) is 95.2 Å². The number of halogens is 3. The number of nitrogens with zero attached hydrogens (tertiary/aromatic N) is 1. The van der Waals surface area contributed by atoms with Gasteiger partial charge in [-0.25, -0.2) is 0 Å². The lowest BCUT2D eigenvalue weighted by molar-refractivity contribution is -0.141. The Morgan fingerprint density at radius 1 is 0.871 bits per heavy atom. The van der Waals surface area contributed by atoms with E-state index in [1.165, 1.54) is 82.0 Å². The fourth-order valence-corrected chi connectivity index (χ4v) is 5.00. The molecule has 1 saturated carbocycles. The molecule has 1 heterocycles. The van der Waals surface area contributed by atoms with Crippen molar-refractivity contribution in [1.29, 1.82) is 0 Å². The zero-order valence-corrected chi connectivity index (χ0v) is 18.9. The van der Waals surface area contributed by atoms with Crippen molar-refractivity contribution in [1.82, 2.24) is 4.98 Å². The van der Waals surface area contributed by atoms with Crippen LogP contribution in [-0.4, -0.2) is 4.98 Å². The smallest absolute Gasteiger partial charge is 0.251 e. The highest BCUT2D eigenvalue weighted by Gasteiger charge is 2.32. The van der Waals surface area contributed by atoms with Gasteiger partial charge in [-0.2, -0.15) is 13.2 Å². The maximum absolute atomic E-state index is 12.7. The summed E-state index contributed by atoms with van der Waals surface area (Å²) in [5, 5.41) is 0. The highest BCUT2D eigenvalue weighted by Crippen LogP contribution is 2.40. The van der Waals surface area contributed by atoms with Gasteiger partial charge in [0.2, 0.25) is 0 Å². The summed E-state index contributed by atoms with van der Waals surface area (Å²) >= 11 is 0. The molecule has 170 valence electrons. The van der Waals surface area contributed by atoms with Crippen molar-refractivity contribution in [3.63, 3.8) is 0 Å². The van der Waals surface area contributed by atoms with Crippen molar-refractivity contribution in [3.8, 4) is 11.1 Å². The van der Waals surface area contributed by atoms with Gasteiger partial charge in [-0.15, -0.1) is 0 Å². The molecular formula is C27H36F3N. The number of rotatable bonds is 9. The molecular weight excluding hydrogens is 395 g/mol. The van der Waals surface area contributed by atoms with Crippen LogP contribution in [0.5, 0.6) is 0 Å². The van der Waals surface area contributed by atoms with Crippen LogP contribution in [-0.2, 0) is 6.18 Å². The van der Waals surface area contributed by atoms with E-state index in [1.807, 2.05) is 12.1 Å². The van der Waals surface area contributed by atoms with Crippen LogP contribution in [0.2, 0.25) is 0 Å². The fraction of sp³-hybridized carbons (Fsp3) is 0.593. The number of hydrogen-bond acceptors (Lipinski definition) is 1. The fourth-order valence-electron chi connectivity index (χ4n) is 5.00. The van der Waals surface area contributed by atoms with E-state index in [2.05, 4.69) is 31.0 Å². The summed E-state index contributed by atoms with van der Waals surface area (Å²) < 4.78 is 38.1. The molecule has 0 radical (unpaired) electrons. The first kappa shape index (κ1) is 23.8. The van der Waals surface area contributed by atoms with Crippen molar-refractivity contribution in [2.24, 2.45) is 11.8 Å². The van der Waals surface area contributed by atoms with Crippen molar-refractivity contribution in [2.45, 2.75) is 90.1 Å². The minimum absolute atomic E-state index is 0.519. The molecule has 1 aliphatic rings. The average molecular weight is 432 g/mol. The SMILES string of the molecule is CCCCCCCC1CCC(C(C)c2ccc(-c3ccc(C(F)(F)F)nc3)cc2)CC1. The zero-order chi connectivity index (χ0) is 22.3. The van der Waals surface area contributed by atoms with E-state index in [9.17, 15) is 13.2 Å². The standard InChI is InChI=1S/C27H36F3N/c1-3-4-5-6-7-8-21-9-11-22(12-10-21)20(2)23-13-15-24(16-14-23)25-17-18-26(31-19-25)27(28,29)30/h13-22H,3-12H2,1-2H3. The van der Waals surface area contributed by atoms with Gasteiger partial charge in [-0.1, -0.05) is 95.5 Å². The van der Waals surface area contributed by atoms with Gasteiger partial charge < -0.3 is 0 Å². The zero-order valence-electron chi connectivity index (χ0n) is 18.9. The molecule has 4 heteroatoms. The lowest BCUT2D eigenvalue weighted by Gasteiger charge is -2.32. The van der Waals surface area contributed by atoms with E-state index in [-0.39, 0.29) is 0 Å². The van der Waals surface area contributed by atoms with Gasteiger partial charge in [0.15, 0.2) is 0 Å². The van der Waals surface area contributed by atoms with E-state index >= 15 is 0 Å². The normalized spacial score (nSPS) is 20.5. The number of hydrogen-bond donors (Lipinski definition) is 0. The first-order valence-corrected chi connectivity index (χ1v) is 12.0. The molecule has 2 aromatic rings. The Labute approximate surface area is 185 Å². The van der Waals surface area contributed by atoms with Crippen molar-refractivity contribution < 1.29 is 13.2 Å². The highest BCUT2D eigenvalue weighted by molar-refractivity contribution is 5.62. The predicted molar refractivity (Wildman–Crippen MR) is 122 cm³/mol. The molecule has 1 atom stereocenters. The lowest BCUT2D eigenvalue weighted by Crippen LogP contribution is -2.19. The Hall–Kier alpha value is -1.84. The molecule has 1 unspecified atom stereocenters. The van der Waals surface area contributed by atoms with E-state index in [1.54, 1.807) is 0 Å². The minimum Gasteiger partial charge on any atom is -0.251 e. The van der Waals surface area contributed by atoms with Crippen molar-refractivity contribution in [3.05, 3.63) is 53.9 Å². The average Bonchev–Trinajstić information content (AvgIpc) is 2.78. The molecule has 3 rings (SSSR count). The van der Waals surface area contributed by atoms with Crippen LogP contribution < -0.4 is 0 Å². The number of benzene rings is 1. The first-order valence-electron chi connectivity index (χ1n) is 12.0. The molecule has 1 aromatic heterocycles. The first-order chi connectivity index (χ1) is 14.9. The Balaban J connectivity index is 1.50. The lowest BCUT2D eigenvalue weighted by atomic mass is 9.73. The van der Waals surface area contributed by atoms with E-state index in [0.717, 1.165) is 23.5 Å². The summed E-state index contributed by atoms with van der Waals surface area (Å²) in [5.74, 6) is 2.17. The molecule has 1 aromatic carbocycles. The third-order valence-corrected chi connectivity index (χ3v) is 7.14. The maximum Gasteiger partial charge on any atom is 0.433 e. The third-order valence-electron chi connectivity index (χ3n) is 7.14. The number of unbranched alkanes of at least 4 members (excludes halogenated alkanes) is 4. The third kappa shape index (κ3) is 6.82. The highest BCUT2D eigenvalue weighted by atomic mass is 19.4. The molecule has 1 nitrogen and oxygen atoms in total. The van der Waals surface area contributed by atoms with Gasteiger partial charge in [-0.3, -0.25) is 4.98 Å². The Bertz CT molecular complexity index is 772. The molecule has 31 heavy (non-hydrogen) atoms. The Kier molecular flexibility index (Phi) is 8.57. The molecule has 1 aliphatic carbocycles. The summed E-state index contributed by atoms with van der Waals surface area (Å²) in [7, 11) is 0. The Morgan fingerprint density at radius 3 is 2.10 bits per heavy atom. The second-order valence-electron chi connectivity index (χ2n) is 9.32. The van der Waals surface area contributed by atoms with E-state index in [4.69, 9.17) is 0 Å². The maximum atomic E-state index is 12.7. The van der Waals surface area contributed by atoms with Crippen LogP contribution in [0.25, 0.3) is 11.1 Å². The van der Waals surface area contributed by atoms with Gasteiger partial charge in [0.05, 0.1) is 0 Å². The van der Waals surface area contributed by atoms with Crippen molar-refractivity contribution in [2.75, 3.05) is 0 Å². The minimum atomic E-state index is -4.40. The van der Waals surface area contributed by atoms with E-state index < -0.39 is 11.9 Å². The predicted octanol–water partition coefficient (Wildman–Crippen LogP) is 9.04. The van der Waals surface area contributed by atoms with Crippen LogP contribution in [0.3, 0.4) is 0 Å². The van der Waals surface area contributed by atoms with Gasteiger partial charge >= 0.3 is 6.18 Å². The number of alkyl halides is 3. The molecule has 0 N–H and O–H groups in total. The summed E-state index contributed by atoms with van der Waals surface area (Å²) in [6.07, 6.45) is 10.5. The molecule has 0 bridgehead atoms. The van der Waals surface area contributed by atoms with Gasteiger partial charge in [0.1, 0.15) is 5.69 Å². The summed E-state index contributed by atoms with van der Waals surface area (Å²) in [6.45, 7) is 4.59. The Morgan fingerprint density at radius 2 is 1.52 bits per heavy atom.